The Balaban J connectivity index is 2.24. The van der Waals surface area contributed by atoms with Gasteiger partial charge in [-0.2, -0.15) is 0 Å². The van der Waals surface area contributed by atoms with E-state index in [0.717, 1.165) is 31.2 Å². The maximum Gasteiger partial charge on any atom is 0.194 e. The minimum atomic E-state index is -0.532. The summed E-state index contributed by atoms with van der Waals surface area (Å²) < 4.78 is 5.76. The van der Waals surface area contributed by atoms with Crippen molar-refractivity contribution in [3.63, 3.8) is 0 Å². The van der Waals surface area contributed by atoms with Crippen molar-refractivity contribution >= 4 is 5.78 Å². The fraction of sp³-hybridized carbons (Fsp3) is 0.500. The zero-order valence-electron chi connectivity index (χ0n) is 9.74. The SMILES string of the molecule is CCOC1(C(=O)c2ccccc2)CCCC1. The first-order chi connectivity index (χ1) is 7.78. The molecule has 86 valence electrons. The van der Waals surface area contributed by atoms with Crippen LogP contribution in [0, 0.1) is 0 Å². The van der Waals surface area contributed by atoms with Gasteiger partial charge in [0.15, 0.2) is 5.78 Å². The zero-order valence-corrected chi connectivity index (χ0v) is 9.74. The highest BCUT2D eigenvalue weighted by Crippen LogP contribution is 2.36. The summed E-state index contributed by atoms with van der Waals surface area (Å²) in [5.74, 6) is 0.160. The molecule has 1 aliphatic carbocycles. The molecule has 1 aromatic rings. The van der Waals surface area contributed by atoms with Gasteiger partial charge < -0.3 is 4.74 Å². The highest BCUT2D eigenvalue weighted by Gasteiger charge is 2.41. The van der Waals surface area contributed by atoms with Crippen molar-refractivity contribution in [3.8, 4) is 0 Å². The summed E-state index contributed by atoms with van der Waals surface area (Å²) in [7, 11) is 0. The van der Waals surface area contributed by atoms with Gasteiger partial charge in [-0.15, -0.1) is 0 Å². The Morgan fingerprint density at radius 2 is 1.88 bits per heavy atom. The van der Waals surface area contributed by atoms with Crippen molar-refractivity contribution < 1.29 is 9.53 Å². The van der Waals surface area contributed by atoms with Crippen molar-refractivity contribution in [1.29, 1.82) is 0 Å². The summed E-state index contributed by atoms with van der Waals surface area (Å²) in [6, 6.07) is 9.49. The second-order valence-corrected chi connectivity index (χ2v) is 4.33. The Bertz CT molecular complexity index is 350. The van der Waals surface area contributed by atoms with Gasteiger partial charge in [0.1, 0.15) is 5.60 Å². The lowest BCUT2D eigenvalue weighted by Gasteiger charge is -2.27. The van der Waals surface area contributed by atoms with Crippen LogP contribution in [0.2, 0.25) is 0 Å². The summed E-state index contributed by atoms with van der Waals surface area (Å²) in [6.45, 7) is 2.57. The third-order valence-electron chi connectivity index (χ3n) is 3.28. The van der Waals surface area contributed by atoms with Crippen molar-refractivity contribution in [2.75, 3.05) is 6.61 Å². The largest absolute Gasteiger partial charge is 0.367 e. The van der Waals surface area contributed by atoms with Gasteiger partial charge in [-0.25, -0.2) is 0 Å². The summed E-state index contributed by atoms with van der Waals surface area (Å²) in [5, 5.41) is 0. The molecule has 0 N–H and O–H groups in total. The van der Waals surface area contributed by atoms with E-state index in [1.165, 1.54) is 0 Å². The lowest BCUT2D eigenvalue weighted by molar-refractivity contribution is -0.0163. The van der Waals surface area contributed by atoms with Gasteiger partial charge in [0, 0.05) is 12.2 Å². The van der Waals surface area contributed by atoms with Crippen molar-refractivity contribution in [2.24, 2.45) is 0 Å². The van der Waals surface area contributed by atoms with Crippen LogP contribution in [0.3, 0.4) is 0 Å². The molecule has 2 rings (SSSR count). The maximum atomic E-state index is 12.4. The minimum Gasteiger partial charge on any atom is -0.367 e. The first-order valence-corrected chi connectivity index (χ1v) is 6.02. The molecule has 0 bridgehead atoms. The Kier molecular flexibility index (Phi) is 3.39. The standard InChI is InChI=1S/C14H18O2/c1-2-16-14(10-6-7-11-14)13(15)12-8-4-3-5-9-12/h3-5,8-9H,2,6-7,10-11H2,1H3. The molecule has 0 aromatic heterocycles. The Hall–Kier alpha value is -1.15. The highest BCUT2D eigenvalue weighted by molar-refractivity contribution is 6.02. The van der Waals surface area contributed by atoms with Gasteiger partial charge in [-0.05, 0) is 32.6 Å². The lowest BCUT2D eigenvalue weighted by Crippen LogP contribution is -2.38. The first kappa shape index (κ1) is 11.3. The van der Waals surface area contributed by atoms with Crippen LogP contribution in [-0.4, -0.2) is 18.0 Å². The van der Waals surface area contributed by atoms with Gasteiger partial charge in [0.2, 0.25) is 0 Å². The minimum absolute atomic E-state index is 0.160. The number of carbonyl (C=O) groups excluding carboxylic acids is 1. The fourth-order valence-electron chi connectivity index (χ4n) is 2.51. The van der Waals surface area contributed by atoms with E-state index in [2.05, 4.69) is 0 Å². The predicted molar refractivity (Wildman–Crippen MR) is 63.6 cm³/mol. The average Bonchev–Trinajstić information content (AvgIpc) is 2.80. The Labute approximate surface area is 96.6 Å². The van der Waals surface area contributed by atoms with Crippen LogP contribution in [-0.2, 0) is 4.74 Å². The van der Waals surface area contributed by atoms with E-state index in [4.69, 9.17) is 4.74 Å². The second kappa shape index (κ2) is 4.79. The number of rotatable bonds is 4. The van der Waals surface area contributed by atoms with Crippen LogP contribution in [0.4, 0.5) is 0 Å². The van der Waals surface area contributed by atoms with E-state index in [1.807, 2.05) is 37.3 Å². The van der Waals surface area contributed by atoms with E-state index in [0.29, 0.717) is 6.61 Å². The lowest BCUT2D eigenvalue weighted by atomic mass is 9.91. The zero-order chi connectivity index (χ0) is 11.4. The van der Waals surface area contributed by atoms with E-state index in [-0.39, 0.29) is 5.78 Å². The van der Waals surface area contributed by atoms with Crippen LogP contribution >= 0.6 is 0 Å². The molecule has 0 radical (unpaired) electrons. The van der Waals surface area contributed by atoms with Crippen molar-refractivity contribution in [1.82, 2.24) is 0 Å². The molecule has 2 heteroatoms. The monoisotopic (exact) mass is 218 g/mol. The number of Topliss-reactive ketones (excluding diaryl/α,β-unsaturated/α-hetero) is 1. The summed E-state index contributed by atoms with van der Waals surface area (Å²) in [4.78, 5) is 12.4. The van der Waals surface area contributed by atoms with Gasteiger partial charge >= 0.3 is 0 Å². The van der Waals surface area contributed by atoms with Crippen LogP contribution < -0.4 is 0 Å². The molecule has 2 nitrogen and oxygen atoms in total. The van der Waals surface area contributed by atoms with E-state index >= 15 is 0 Å². The molecule has 16 heavy (non-hydrogen) atoms. The quantitative estimate of drug-likeness (QED) is 0.725. The number of hydrogen-bond acceptors (Lipinski definition) is 2. The average molecular weight is 218 g/mol. The molecule has 0 aliphatic heterocycles. The number of ketones is 1. The number of ether oxygens (including phenoxy) is 1. The molecule has 0 amide bonds. The van der Waals surface area contributed by atoms with Crippen LogP contribution in [0.25, 0.3) is 0 Å². The second-order valence-electron chi connectivity index (χ2n) is 4.33. The third kappa shape index (κ3) is 2.03. The third-order valence-corrected chi connectivity index (χ3v) is 3.28. The van der Waals surface area contributed by atoms with Crippen molar-refractivity contribution in [2.45, 2.75) is 38.2 Å². The molecule has 0 atom stereocenters. The summed E-state index contributed by atoms with van der Waals surface area (Å²) >= 11 is 0. The fourth-order valence-corrected chi connectivity index (χ4v) is 2.51. The molecular formula is C14H18O2. The van der Waals surface area contributed by atoms with Crippen LogP contribution in [0.1, 0.15) is 43.0 Å². The number of hydrogen-bond donors (Lipinski definition) is 0. The topological polar surface area (TPSA) is 26.3 Å². The van der Waals surface area contributed by atoms with E-state index in [9.17, 15) is 4.79 Å². The van der Waals surface area contributed by atoms with Gasteiger partial charge in [0.05, 0.1) is 0 Å². The smallest absolute Gasteiger partial charge is 0.194 e. The summed E-state index contributed by atoms with van der Waals surface area (Å²) in [6.07, 6.45) is 3.93. The maximum absolute atomic E-state index is 12.4. The molecule has 1 aromatic carbocycles. The predicted octanol–water partition coefficient (Wildman–Crippen LogP) is 3.22. The van der Waals surface area contributed by atoms with E-state index < -0.39 is 5.60 Å². The van der Waals surface area contributed by atoms with Crippen LogP contribution in [0.15, 0.2) is 30.3 Å². The first-order valence-electron chi connectivity index (χ1n) is 6.02. The molecular weight excluding hydrogens is 200 g/mol. The van der Waals surface area contributed by atoms with Gasteiger partial charge in [0.25, 0.3) is 0 Å². The number of benzene rings is 1. The van der Waals surface area contributed by atoms with Crippen LogP contribution in [0.5, 0.6) is 0 Å². The normalized spacial score (nSPS) is 18.6. The van der Waals surface area contributed by atoms with Crippen molar-refractivity contribution in [3.05, 3.63) is 35.9 Å². The molecule has 0 unspecified atom stereocenters. The molecule has 1 fully saturated rings. The molecule has 1 aliphatic rings. The molecule has 1 saturated carbocycles. The van der Waals surface area contributed by atoms with Gasteiger partial charge in [-0.3, -0.25) is 4.79 Å². The summed E-state index contributed by atoms with van der Waals surface area (Å²) in [5.41, 5.74) is 0.244. The van der Waals surface area contributed by atoms with Gasteiger partial charge in [-0.1, -0.05) is 30.3 Å². The van der Waals surface area contributed by atoms with E-state index in [1.54, 1.807) is 0 Å². The number of carbonyl (C=O) groups is 1. The molecule has 0 spiro atoms. The Morgan fingerprint density at radius 3 is 2.44 bits per heavy atom. The molecule has 0 heterocycles. The molecule has 0 saturated heterocycles. The Morgan fingerprint density at radius 1 is 1.25 bits per heavy atom. The highest BCUT2D eigenvalue weighted by atomic mass is 16.5.